The van der Waals surface area contributed by atoms with Gasteiger partial charge in [-0.15, -0.1) is 0 Å². The van der Waals surface area contributed by atoms with E-state index in [1.807, 2.05) is 17.9 Å². The monoisotopic (exact) mass is 357 g/mol. The summed E-state index contributed by atoms with van der Waals surface area (Å²) in [4.78, 5) is 27.5. The molecule has 0 radical (unpaired) electrons. The molecular formula is C22H31NO3. The summed E-state index contributed by atoms with van der Waals surface area (Å²) in [6, 6.07) is 10.4. The summed E-state index contributed by atoms with van der Waals surface area (Å²) in [5.74, 6) is 0.337. The zero-order chi connectivity index (χ0) is 18.4. The number of hydrogen-bond donors (Lipinski definition) is 0. The first-order valence-corrected chi connectivity index (χ1v) is 10.1. The third-order valence-electron chi connectivity index (χ3n) is 6.02. The number of nitrogens with zero attached hydrogens (tertiary/aromatic N) is 1. The molecule has 0 N–H and O–H groups in total. The Bertz CT molecular complexity index is 611. The summed E-state index contributed by atoms with van der Waals surface area (Å²) in [6.45, 7) is 3.58. The normalized spacial score (nSPS) is 23.3. The van der Waals surface area contributed by atoms with Gasteiger partial charge in [0.2, 0.25) is 5.91 Å². The number of amides is 1. The summed E-state index contributed by atoms with van der Waals surface area (Å²) in [7, 11) is 0. The van der Waals surface area contributed by atoms with E-state index in [1.54, 1.807) is 0 Å². The Hall–Kier alpha value is -1.84. The molecule has 4 nitrogen and oxygen atoms in total. The van der Waals surface area contributed by atoms with E-state index in [0.29, 0.717) is 13.2 Å². The van der Waals surface area contributed by atoms with Crippen LogP contribution in [0.2, 0.25) is 0 Å². The Labute approximate surface area is 156 Å². The highest BCUT2D eigenvalue weighted by Crippen LogP contribution is 2.38. The number of hydrogen-bond acceptors (Lipinski definition) is 3. The second-order valence-electron chi connectivity index (χ2n) is 7.83. The quantitative estimate of drug-likeness (QED) is 0.694. The highest BCUT2D eigenvalue weighted by molar-refractivity contribution is 5.82. The van der Waals surface area contributed by atoms with Crippen LogP contribution in [0.25, 0.3) is 0 Å². The molecule has 1 amide bonds. The third kappa shape index (κ3) is 4.28. The Morgan fingerprint density at radius 2 is 1.96 bits per heavy atom. The smallest absolute Gasteiger partial charge is 0.313 e. The van der Waals surface area contributed by atoms with Crippen LogP contribution in [0.4, 0.5) is 0 Å². The molecule has 1 saturated carbocycles. The van der Waals surface area contributed by atoms with Crippen LogP contribution in [-0.2, 0) is 20.7 Å². The first-order valence-electron chi connectivity index (χ1n) is 10.1. The molecule has 2 fully saturated rings. The summed E-state index contributed by atoms with van der Waals surface area (Å²) in [5.41, 5.74) is 0.771. The van der Waals surface area contributed by atoms with Crippen LogP contribution in [0.3, 0.4) is 0 Å². The van der Waals surface area contributed by atoms with Gasteiger partial charge in [-0.3, -0.25) is 9.59 Å². The minimum Gasteiger partial charge on any atom is -0.466 e. The largest absolute Gasteiger partial charge is 0.466 e. The summed E-state index contributed by atoms with van der Waals surface area (Å²) in [5, 5.41) is 0. The SMILES string of the molecule is CCOC(=O)C1(CCCc2ccccc2)CCCN(C(=O)C2CCC2)C1. The lowest BCUT2D eigenvalue weighted by Gasteiger charge is -2.43. The average Bonchev–Trinajstić information content (AvgIpc) is 2.61. The highest BCUT2D eigenvalue weighted by atomic mass is 16.5. The first-order chi connectivity index (χ1) is 12.6. The fraction of sp³-hybridized carbons (Fsp3) is 0.636. The fourth-order valence-corrected chi connectivity index (χ4v) is 4.27. The van der Waals surface area contributed by atoms with Crippen LogP contribution in [0.15, 0.2) is 30.3 Å². The molecule has 1 heterocycles. The lowest BCUT2D eigenvalue weighted by atomic mass is 9.74. The van der Waals surface area contributed by atoms with Crippen LogP contribution in [0, 0.1) is 11.3 Å². The molecule has 26 heavy (non-hydrogen) atoms. The molecule has 142 valence electrons. The van der Waals surface area contributed by atoms with Crippen molar-refractivity contribution in [1.82, 2.24) is 4.90 Å². The maximum absolute atomic E-state index is 12.8. The number of likely N-dealkylation sites (tertiary alicyclic amines) is 1. The van der Waals surface area contributed by atoms with Crippen molar-refractivity contribution in [2.75, 3.05) is 19.7 Å². The highest BCUT2D eigenvalue weighted by Gasteiger charge is 2.45. The molecule has 1 aliphatic heterocycles. The van der Waals surface area contributed by atoms with Crippen LogP contribution >= 0.6 is 0 Å². The molecule has 1 unspecified atom stereocenters. The zero-order valence-corrected chi connectivity index (χ0v) is 15.9. The predicted octanol–water partition coefficient (Wildman–Crippen LogP) is 3.98. The lowest BCUT2D eigenvalue weighted by molar-refractivity contribution is -0.162. The Balaban J connectivity index is 1.66. The van der Waals surface area contributed by atoms with Crippen molar-refractivity contribution in [3.63, 3.8) is 0 Å². The molecule has 0 bridgehead atoms. The van der Waals surface area contributed by atoms with Crippen molar-refractivity contribution < 1.29 is 14.3 Å². The number of carbonyl (C=O) groups is 2. The van der Waals surface area contributed by atoms with E-state index in [1.165, 1.54) is 5.56 Å². The van der Waals surface area contributed by atoms with Crippen LogP contribution in [0.5, 0.6) is 0 Å². The number of carbonyl (C=O) groups excluding carboxylic acids is 2. The van der Waals surface area contributed by atoms with E-state index >= 15 is 0 Å². The minimum atomic E-state index is -0.525. The standard InChI is InChI=1S/C22H31NO3/c1-2-26-21(25)22(14-7-11-18-9-4-3-5-10-18)15-8-16-23(17-22)20(24)19-12-6-13-19/h3-5,9-10,19H,2,6-8,11-17H2,1H3. The Kier molecular flexibility index (Phi) is 6.33. The zero-order valence-electron chi connectivity index (χ0n) is 15.9. The molecule has 0 aromatic heterocycles. The predicted molar refractivity (Wildman–Crippen MR) is 102 cm³/mol. The number of aryl methyl sites for hydroxylation is 1. The van der Waals surface area contributed by atoms with Gasteiger partial charge in [0, 0.05) is 19.0 Å². The van der Waals surface area contributed by atoms with Crippen molar-refractivity contribution in [2.45, 2.75) is 58.3 Å². The minimum absolute atomic E-state index is 0.112. The van der Waals surface area contributed by atoms with E-state index in [0.717, 1.165) is 57.9 Å². The van der Waals surface area contributed by atoms with Crippen molar-refractivity contribution >= 4 is 11.9 Å². The summed E-state index contributed by atoms with van der Waals surface area (Å²) >= 11 is 0. The number of benzene rings is 1. The fourth-order valence-electron chi connectivity index (χ4n) is 4.27. The molecule has 4 heteroatoms. The van der Waals surface area contributed by atoms with Crippen LogP contribution < -0.4 is 0 Å². The van der Waals surface area contributed by atoms with Gasteiger partial charge in [-0.05, 0) is 57.4 Å². The van der Waals surface area contributed by atoms with Crippen molar-refractivity contribution in [3.05, 3.63) is 35.9 Å². The number of piperidine rings is 1. The molecular weight excluding hydrogens is 326 g/mol. The molecule has 1 aliphatic carbocycles. The molecule has 3 rings (SSSR count). The third-order valence-corrected chi connectivity index (χ3v) is 6.02. The van der Waals surface area contributed by atoms with E-state index in [9.17, 15) is 9.59 Å². The van der Waals surface area contributed by atoms with E-state index in [4.69, 9.17) is 4.74 Å². The van der Waals surface area contributed by atoms with E-state index < -0.39 is 5.41 Å². The second kappa shape index (κ2) is 8.70. The number of esters is 1. The van der Waals surface area contributed by atoms with Gasteiger partial charge >= 0.3 is 5.97 Å². The van der Waals surface area contributed by atoms with Gasteiger partial charge in [-0.2, -0.15) is 0 Å². The van der Waals surface area contributed by atoms with E-state index in [-0.39, 0.29) is 17.8 Å². The van der Waals surface area contributed by atoms with Gasteiger partial charge in [0.1, 0.15) is 0 Å². The molecule has 1 aromatic rings. The van der Waals surface area contributed by atoms with Gasteiger partial charge in [0.25, 0.3) is 0 Å². The van der Waals surface area contributed by atoms with Crippen molar-refractivity contribution in [1.29, 1.82) is 0 Å². The molecule has 1 aromatic carbocycles. The van der Waals surface area contributed by atoms with Crippen LogP contribution in [0.1, 0.15) is 57.4 Å². The number of rotatable bonds is 7. The molecule has 1 saturated heterocycles. The van der Waals surface area contributed by atoms with Gasteiger partial charge in [-0.1, -0.05) is 36.8 Å². The topological polar surface area (TPSA) is 46.6 Å². The van der Waals surface area contributed by atoms with Crippen molar-refractivity contribution in [2.24, 2.45) is 11.3 Å². The lowest BCUT2D eigenvalue weighted by Crippen LogP contribution is -2.52. The molecule has 0 spiro atoms. The maximum atomic E-state index is 12.8. The Morgan fingerprint density at radius 3 is 2.62 bits per heavy atom. The van der Waals surface area contributed by atoms with Crippen molar-refractivity contribution in [3.8, 4) is 0 Å². The van der Waals surface area contributed by atoms with E-state index in [2.05, 4.69) is 24.3 Å². The summed E-state index contributed by atoms with van der Waals surface area (Å²) in [6.07, 6.45) is 7.58. The summed E-state index contributed by atoms with van der Waals surface area (Å²) < 4.78 is 5.44. The molecule has 2 aliphatic rings. The molecule has 1 atom stereocenters. The number of ether oxygens (including phenoxy) is 1. The maximum Gasteiger partial charge on any atom is 0.313 e. The average molecular weight is 357 g/mol. The second-order valence-corrected chi connectivity index (χ2v) is 7.83. The van der Waals surface area contributed by atoms with Gasteiger partial charge < -0.3 is 9.64 Å². The van der Waals surface area contributed by atoms with Gasteiger partial charge in [-0.25, -0.2) is 0 Å². The van der Waals surface area contributed by atoms with Crippen LogP contribution in [-0.4, -0.2) is 36.5 Å². The van der Waals surface area contributed by atoms with Gasteiger partial charge in [0.15, 0.2) is 0 Å². The first kappa shape index (κ1) is 18.9. The Morgan fingerprint density at radius 1 is 1.19 bits per heavy atom. The van der Waals surface area contributed by atoms with Gasteiger partial charge in [0.05, 0.1) is 12.0 Å².